The molecule has 1 amide bonds. The van der Waals surface area contributed by atoms with E-state index in [4.69, 9.17) is 0 Å². The first-order valence-corrected chi connectivity index (χ1v) is 7.99. The van der Waals surface area contributed by atoms with Crippen molar-refractivity contribution in [2.75, 3.05) is 0 Å². The van der Waals surface area contributed by atoms with E-state index in [1.807, 2.05) is 31.2 Å². The van der Waals surface area contributed by atoms with Crippen molar-refractivity contribution < 1.29 is 13.6 Å². The molecule has 0 saturated heterocycles. The number of hydrogen-bond donors (Lipinski definition) is 0. The summed E-state index contributed by atoms with van der Waals surface area (Å²) in [6.45, 7) is 4.07. The summed E-state index contributed by atoms with van der Waals surface area (Å²) in [6.07, 6.45) is -1.37. The molecule has 1 aromatic carbocycles. The zero-order valence-corrected chi connectivity index (χ0v) is 13.8. The number of halogens is 2. The van der Waals surface area contributed by atoms with Crippen molar-refractivity contribution in [2.45, 2.75) is 32.9 Å². The average molecular weight is 342 g/mol. The number of carbonyl (C=O) groups excluding carboxylic acids is 1. The Morgan fingerprint density at radius 2 is 2.08 bits per heavy atom. The van der Waals surface area contributed by atoms with E-state index in [1.165, 1.54) is 12.3 Å². The van der Waals surface area contributed by atoms with Crippen LogP contribution in [0.15, 0.2) is 36.5 Å². The average Bonchev–Trinajstić information content (AvgIpc) is 3.15. The van der Waals surface area contributed by atoms with Gasteiger partial charge in [0.25, 0.3) is 12.3 Å². The number of fused-ring (bicyclic) bond motifs is 2. The highest BCUT2D eigenvalue weighted by molar-refractivity contribution is 6.00. The molecule has 4 rings (SSSR count). The summed E-state index contributed by atoms with van der Waals surface area (Å²) in [6, 6.07) is 9.08. The fourth-order valence-corrected chi connectivity index (χ4v) is 3.40. The summed E-state index contributed by atoms with van der Waals surface area (Å²) in [4.78, 5) is 19.0. The third-order valence-electron chi connectivity index (χ3n) is 4.66. The molecule has 0 aliphatic carbocycles. The van der Waals surface area contributed by atoms with Crippen molar-refractivity contribution in [3.63, 3.8) is 0 Å². The molecule has 1 aliphatic rings. The number of alkyl halides is 2. The molecule has 0 saturated carbocycles. The number of benzene rings is 1. The first kappa shape index (κ1) is 15.7. The zero-order valence-electron chi connectivity index (χ0n) is 13.8. The van der Waals surface area contributed by atoms with Crippen molar-refractivity contribution in [1.29, 1.82) is 0 Å². The highest BCUT2D eigenvalue weighted by Crippen LogP contribution is 2.34. The Bertz CT molecular complexity index is 982. The maximum Gasteiger partial charge on any atom is 0.280 e. The SMILES string of the molecule is Cc1cc(C(F)F)n2ncc(C(=O)N3Cc4ccccc4[C@@H]3C)c2n1. The van der Waals surface area contributed by atoms with E-state index in [-0.39, 0.29) is 28.9 Å². The molecule has 0 fully saturated rings. The quantitative estimate of drug-likeness (QED) is 0.714. The molecule has 1 atom stereocenters. The van der Waals surface area contributed by atoms with Gasteiger partial charge in [-0.3, -0.25) is 4.79 Å². The molecule has 0 N–H and O–H groups in total. The van der Waals surface area contributed by atoms with Crippen LogP contribution in [0.2, 0.25) is 0 Å². The van der Waals surface area contributed by atoms with E-state index in [0.29, 0.717) is 12.2 Å². The minimum absolute atomic E-state index is 0.0852. The van der Waals surface area contributed by atoms with E-state index in [2.05, 4.69) is 10.1 Å². The van der Waals surface area contributed by atoms with Gasteiger partial charge in [0.1, 0.15) is 11.3 Å². The lowest BCUT2D eigenvalue weighted by Gasteiger charge is -2.21. The number of aromatic nitrogens is 3. The Kier molecular flexibility index (Phi) is 3.52. The standard InChI is InChI=1S/C18H16F2N4O/c1-10-7-15(16(19)20)24-17(22-10)14(8-21-24)18(25)23-9-12-5-3-4-6-13(12)11(23)2/h3-8,11,16H,9H2,1-2H3/t11-/m0/s1. The van der Waals surface area contributed by atoms with Crippen LogP contribution in [0.5, 0.6) is 0 Å². The van der Waals surface area contributed by atoms with Crippen LogP contribution >= 0.6 is 0 Å². The van der Waals surface area contributed by atoms with Gasteiger partial charge in [-0.25, -0.2) is 18.3 Å². The monoisotopic (exact) mass is 342 g/mol. The summed E-state index contributed by atoms with van der Waals surface area (Å²) < 4.78 is 27.5. The fraction of sp³-hybridized carbons (Fsp3) is 0.278. The smallest absolute Gasteiger partial charge is 0.280 e. The predicted molar refractivity (Wildman–Crippen MR) is 87.4 cm³/mol. The lowest BCUT2D eigenvalue weighted by Crippen LogP contribution is -2.28. The summed E-state index contributed by atoms with van der Waals surface area (Å²) >= 11 is 0. The molecule has 3 aromatic rings. The molecule has 3 heterocycles. The second-order valence-electron chi connectivity index (χ2n) is 6.22. The lowest BCUT2D eigenvalue weighted by molar-refractivity contribution is 0.0706. The molecular formula is C18H16F2N4O. The minimum Gasteiger partial charge on any atom is -0.327 e. The third-order valence-corrected chi connectivity index (χ3v) is 4.66. The van der Waals surface area contributed by atoms with Crippen LogP contribution in [0.3, 0.4) is 0 Å². The Morgan fingerprint density at radius 1 is 1.32 bits per heavy atom. The highest BCUT2D eigenvalue weighted by Gasteiger charge is 2.32. The van der Waals surface area contributed by atoms with Gasteiger partial charge >= 0.3 is 0 Å². The van der Waals surface area contributed by atoms with Crippen LogP contribution in [-0.2, 0) is 6.54 Å². The van der Waals surface area contributed by atoms with Crippen molar-refractivity contribution >= 4 is 11.6 Å². The van der Waals surface area contributed by atoms with Crippen molar-refractivity contribution in [2.24, 2.45) is 0 Å². The van der Waals surface area contributed by atoms with E-state index >= 15 is 0 Å². The summed E-state index contributed by atoms with van der Waals surface area (Å²) in [5.74, 6) is -0.253. The normalized spacial score (nSPS) is 16.7. The van der Waals surface area contributed by atoms with Gasteiger partial charge in [-0.15, -0.1) is 0 Å². The third kappa shape index (κ3) is 2.38. The van der Waals surface area contributed by atoms with Gasteiger partial charge in [0, 0.05) is 12.2 Å². The number of carbonyl (C=O) groups is 1. The largest absolute Gasteiger partial charge is 0.327 e. The highest BCUT2D eigenvalue weighted by atomic mass is 19.3. The molecule has 7 heteroatoms. The number of nitrogens with zero attached hydrogens (tertiary/aromatic N) is 4. The first-order chi connectivity index (χ1) is 12.0. The number of hydrogen-bond acceptors (Lipinski definition) is 3. The summed E-state index contributed by atoms with van der Waals surface area (Å²) in [5, 5.41) is 3.97. The van der Waals surface area contributed by atoms with Gasteiger partial charge in [-0.05, 0) is 31.0 Å². The fourth-order valence-electron chi connectivity index (χ4n) is 3.40. The molecule has 128 valence electrons. The van der Waals surface area contributed by atoms with Gasteiger partial charge in [-0.2, -0.15) is 5.10 Å². The van der Waals surface area contributed by atoms with Gasteiger partial charge in [-0.1, -0.05) is 24.3 Å². The van der Waals surface area contributed by atoms with Crippen LogP contribution in [0, 0.1) is 6.92 Å². The molecule has 5 nitrogen and oxygen atoms in total. The number of aryl methyl sites for hydroxylation is 1. The van der Waals surface area contributed by atoms with E-state index in [0.717, 1.165) is 15.6 Å². The maximum absolute atomic E-state index is 13.2. The van der Waals surface area contributed by atoms with E-state index < -0.39 is 6.43 Å². The second kappa shape index (κ2) is 5.61. The van der Waals surface area contributed by atoms with Crippen LogP contribution in [0.25, 0.3) is 5.65 Å². The molecule has 25 heavy (non-hydrogen) atoms. The Hall–Kier alpha value is -2.83. The van der Waals surface area contributed by atoms with Gasteiger partial charge in [0.05, 0.1) is 12.2 Å². The van der Waals surface area contributed by atoms with Crippen LogP contribution in [-0.4, -0.2) is 25.4 Å². The molecule has 0 radical (unpaired) electrons. The van der Waals surface area contributed by atoms with E-state index in [9.17, 15) is 13.6 Å². The molecular weight excluding hydrogens is 326 g/mol. The minimum atomic E-state index is -2.69. The number of rotatable bonds is 2. The van der Waals surface area contributed by atoms with Crippen LogP contribution in [0.4, 0.5) is 8.78 Å². The molecule has 1 aliphatic heterocycles. The molecule has 0 unspecified atom stereocenters. The van der Waals surface area contributed by atoms with Gasteiger partial charge in [0.2, 0.25) is 0 Å². The number of amides is 1. The predicted octanol–water partition coefficient (Wildman–Crippen LogP) is 3.69. The summed E-state index contributed by atoms with van der Waals surface area (Å²) in [7, 11) is 0. The maximum atomic E-state index is 13.2. The molecule has 2 aromatic heterocycles. The van der Waals surface area contributed by atoms with Crippen molar-refractivity contribution in [3.05, 3.63) is 64.6 Å². The second-order valence-corrected chi connectivity index (χ2v) is 6.22. The van der Waals surface area contributed by atoms with E-state index in [1.54, 1.807) is 11.8 Å². The molecule has 0 bridgehead atoms. The van der Waals surface area contributed by atoms with Crippen molar-refractivity contribution in [3.8, 4) is 0 Å². The zero-order chi connectivity index (χ0) is 17.7. The van der Waals surface area contributed by atoms with Gasteiger partial charge in [0.15, 0.2) is 5.65 Å². The summed E-state index contributed by atoms with van der Waals surface area (Å²) in [5.41, 5.74) is 2.77. The Labute approximate surface area is 142 Å². The Morgan fingerprint density at radius 3 is 2.80 bits per heavy atom. The van der Waals surface area contributed by atoms with Crippen LogP contribution in [0.1, 0.15) is 52.3 Å². The molecule has 0 spiro atoms. The lowest BCUT2D eigenvalue weighted by atomic mass is 10.1. The topological polar surface area (TPSA) is 50.5 Å². The Balaban J connectivity index is 1.77. The van der Waals surface area contributed by atoms with Crippen LogP contribution < -0.4 is 0 Å². The first-order valence-electron chi connectivity index (χ1n) is 7.99. The van der Waals surface area contributed by atoms with Crippen molar-refractivity contribution in [1.82, 2.24) is 19.5 Å². The van der Waals surface area contributed by atoms with Gasteiger partial charge < -0.3 is 4.90 Å².